The van der Waals surface area contributed by atoms with Gasteiger partial charge in [0, 0.05) is 50.1 Å². The van der Waals surface area contributed by atoms with Gasteiger partial charge in [-0.15, -0.1) is 0 Å². The Bertz CT molecular complexity index is 961. The van der Waals surface area contributed by atoms with E-state index in [1.165, 1.54) is 12.5 Å². The van der Waals surface area contributed by atoms with Crippen molar-refractivity contribution in [2.75, 3.05) is 6.54 Å². The molecule has 0 bridgehead atoms. The van der Waals surface area contributed by atoms with Gasteiger partial charge < -0.3 is 18.4 Å². The predicted octanol–water partition coefficient (Wildman–Crippen LogP) is 5.65. The maximum Gasteiger partial charge on any atom is 0.322 e. The Balaban J connectivity index is 1.82. The topological polar surface area (TPSA) is 91.4 Å². The summed E-state index contributed by atoms with van der Waals surface area (Å²) in [5, 5.41) is 11.9. The van der Waals surface area contributed by atoms with Gasteiger partial charge in [-0.25, -0.2) is 4.67 Å². The molecule has 1 aromatic heterocycles. The van der Waals surface area contributed by atoms with Crippen LogP contribution in [0.2, 0.25) is 0 Å². The second-order valence-electron chi connectivity index (χ2n) is 8.25. The molecular weight excluding hydrogens is 431 g/mol. The molecule has 0 aliphatic carbocycles. The van der Waals surface area contributed by atoms with Crippen molar-refractivity contribution in [2.45, 2.75) is 78.5 Å². The molecule has 3 rings (SSSR count). The van der Waals surface area contributed by atoms with E-state index in [0.717, 1.165) is 10.9 Å². The van der Waals surface area contributed by atoms with Gasteiger partial charge in [0.05, 0.1) is 22.6 Å². The van der Waals surface area contributed by atoms with Crippen LogP contribution in [0, 0.1) is 10.1 Å². The predicted molar refractivity (Wildman–Crippen MR) is 127 cm³/mol. The smallest absolute Gasteiger partial charge is 0.322 e. The van der Waals surface area contributed by atoms with E-state index in [1.54, 1.807) is 12.1 Å². The minimum atomic E-state index is -1.44. The molecule has 1 saturated heterocycles. The first kappa shape index (κ1) is 23.1. The summed E-state index contributed by atoms with van der Waals surface area (Å²) < 4.78 is 30.7. The zero-order chi connectivity index (χ0) is 24.1. The molecule has 1 aliphatic rings. The number of nitrogens with zero attached hydrogens (tertiary/aromatic N) is 4. The van der Waals surface area contributed by atoms with E-state index in [4.69, 9.17) is 15.2 Å². The van der Waals surface area contributed by atoms with Crippen molar-refractivity contribution in [3.63, 3.8) is 0 Å². The third-order valence-corrected chi connectivity index (χ3v) is 7.30. The summed E-state index contributed by atoms with van der Waals surface area (Å²) in [5.41, 5.74) is 0.895. The number of rotatable bonds is 10. The first-order valence-electron chi connectivity index (χ1n) is 11.6. The van der Waals surface area contributed by atoms with Crippen LogP contribution in [0.1, 0.15) is 55.5 Å². The first-order chi connectivity index (χ1) is 15.8. The van der Waals surface area contributed by atoms with Crippen LogP contribution < -0.4 is 0 Å². The molecule has 10 heteroatoms. The number of hydrogen-bond acceptors (Lipinski definition) is 7. The highest BCUT2D eigenvalue weighted by atomic mass is 31.2. The fourth-order valence-electron chi connectivity index (χ4n) is 3.87. The van der Waals surface area contributed by atoms with Crippen LogP contribution >= 0.6 is 8.53 Å². The average molecular weight is 466 g/mol. The van der Waals surface area contributed by atoms with E-state index >= 15 is 0 Å². The van der Waals surface area contributed by atoms with Gasteiger partial charge in [0.1, 0.15) is 6.23 Å². The molecule has 4 atom stereocenters. The van der Waals surface area contributed by atoms with Gasteiger partial charge in [0.15, 0.2) is 6.40 Å². The monoisotopic (exact) mass is 465 g/mol. The standard InChI is InChI=1S/C22H33N4O5P/c1-7-23-14-29-32(25(15(2)3)16(4)5)31-21-13-22(30-17(21)6)24-11-10-18-12-19(26(27)28)8-9-20(18)24/h8-12,14-17,21-22H,7,13H2,1-6H3/i6D. The Morgan fingerprint density at radius 3 is 2.78 bits per heavy atom. The molecule has 1 aliphatic heterocycles. The van der Waals surface area contributed by atoms with Crippen molar-refractivity contribution in [3.05, 3.63) is 40.6 Å². The molecule has 0 amide bonds. The molecule has 0 spiro atoms. The lowest BCUT2D eigenvalue weighted by atomic mass is 10.2. The molecule has 4 unspecified atom stereocenters. The Hall–Kier alpha value is -2.06. The number of ether oxygens (including phenoxy) is 1. The highest BCUT2D eigenvalue weighted by molar-refractivity contribution is 7.45. The van der Waals surface area contributed by atoms with Crippen LogP contribution in [-0.4, -0.2) is 51.4 Å². The molecule has 0 saturated carbocycles. The van der Waals surface area contributed by atoms with E-state index in [1.807, 2.05) is 23.8 Å². The van der Waals surface area contributed by atoms with E-state index in [2.05, 4.69) is 37.4 Å². The molecule has 1 aromatic carbocycles. The van der Waals surface area contributed by atoms with Gasteiger partial charge in [-0.3, -0.25) is 15.1 Å². The first-order valence-corrected chi connectivity index (χ1v) is 12.0. The van der Waals surface area contributed by atoms with Crippen molar-refractivity contribution in [1.82, 2.24) is 9.24 Å². The number of hydrogen-bond donors (Lipinski definition) is 0. The third-order valence-electron chi connectivity index (χ3n) is 5.27. The highest BCUT2D eigenvalue weighted by Crippen LogP contribution is 2.49. The summed E-state index contributed by atoms with van der Waals surface area (Å²) in [4.78, 5) is 14.9. The highest BCUT2D eigenvalue weighted by Gasteiger charge is 2.39. The van der Waals surface area contributed by atoms with Crippen molar-refractivity contribution in [1.29, 1.82) is 0 Å². The zero-order valence-corrected chi connectivity index (χ0v) is 20.1. The summed E-state index contributed by atoms with van der Waals surface area (Å²) in [6, 6.07) is 7.02. The number of non-ortho nitro benzene ring substituents is 1. The van der Waals surface area contributed by atoms with Crippen molar-refractivity contribution < 1.29 is 20.1 Å². The Kier molecular flexibility index (Phi) is 7.73. The molecular formula is C22H33N4O5P. The van der Waals surface area contributed by atoms with E-state index in [0.29, 0.717) is 13.0 Å². The maximum absolute atomic E-state index is 11.1. The fourth-order valence-corrected chi connectivity index (χ4v) is 5.50. The average Bonchev–Trinajstić information content (AvgIpc) is 3.36. The van der Waals surface area contributed by atoms with E-state index in [9.17, 15) is 10.1 Å². The quantitative estimate of drug-likeness (QED) is 0.148. The van der Waals surface area contributed by atoms with Gasteiger partial charge in [-0.05, 0) is 53.7 Å². The van der Waals surface area contributed by atoms with Crippen molar-refractivity contribution in [3.8, 4) is 0 Å². The maximum atomic E-state index is 11.1. The summed E-state index contributed by atoms with van der Waals surface area (Å²) in [6.07, 6.45) is 2.79. The Morgan fingerprint density at radius 1 is 1.41 bits per heavy atom. The van der Waals surface area contributed by atoms with Gasteiger partial charge in [-0.2, -0.15) is 0 Å². The number of nitro groups is 1. The van der Waals surface area contributed by atoms with Gasteiger partial charge in [-0.1, -0.05) is 0 Å². The molecule has 1 fully saturated rings. The number of aliphatic imine (C=N–C) groups is 1. The van der Waals surface area contributed by atoms with Crippen molar-refractivity contribution >= 4 is 31.5 Å². The van der Waals surface area contributed by atoms with Crippen LogP contribution in [0.25, 0.3) is 10.9 Å². The van der Waals surface area contributed by atoms with Crippen LogP contribution in [0.5, 0.6) is 0 Å². The molecule has 0 radical (unpaired) electrons. The minimum Gasteiger partial charge on any atom is -0.425 e. The third kappa shape index (κ3) is 5.46. The Morgan fingerprint density at radius 2 is 2.16 bits per heavy atom. The Labute approximate surface area is 191 Å². The lowest BCUT2D eigenvalue weighted by Gasteiger charge is -2.36. The van der Waals surface area contributed by atoms with Gasteiger partial charge in [0.25, 0.3) is 5.69 Å². The fraction of sp³-hybridized carbons (Fsp3) is 0.591. The van der Waals surface area contributed by atoms with Crippen LogP contribution in [-0.2, 0) is 13.8 Å². The summed E-state index contributed by atoms with van der Waals surface area (Å²) >= 11 is 0. The van der Waals surface area contributed by atoms with E-state index in [-0.39, 0.29) is 37.0 Å². The number of aromatic nitrogens is 1. The van der Waals surface area contributed by atoms with Gasteiger partial charge in [0.2, 0.25) is 0 Å². The lowest BCUT2D eigenvalue weighted by Crippen LogP contribution is -2.35. The van der Waals surface area contributed by atoms with Crippen LogP contribution in [0.3, 0.4) is 0 Å². The number of benzene rings is 1. The second kappa shape index (κ2) is 10.7. The zero-order valence-electron chi connectivity index (χ0n) is 20.2. The number of nitro benzene ring substituents is 1. The minimum absolute atomic E-state index is 0.0526. The normalized spacial score (nSPS) is 23.0. The lowest BCUT2D eigenvalue weighted by molar-refractivity contribution is -0.384. The molecule has 9 nitrogen and oxygen atoms in total. The summed E-state index contributed by atoms with van der Waals surface area (Å²) in [7, 11) is -1.44. The molecule has 32 heavy (non-hydrogen) atoms. The van der Waals surface area contributed by atoms with Gasteiger partial charge >= 0.3 is 8.53 Å². The number of fused-ring (bicyclic) bond motifs is 1. The SMILES string of the molecule is [2H]CC1OC(n2ccc3cc([N+](=O)[O-])ccc32)CC1OP(OC=NCC)N(C(C)C)C(C)C. The summed E-state index contributed by atoms with van der Waals surface area (Å²) in [5.74, 6) is 0. The van der Waals surface area contributed by atoms with E-state index < -0.39 is 19.6 Å². The molecule has 176 valence electrons. The van der Waals surface area contributed by atoms with Crippen LogP contribution in [0.4, 0.5) is 5.69 Å². The largest absolute Gasteiger partial charge is 0.425 e. The molecule has 2 heterocycles. The van der Waals surface area contributed by atoms with Crippen LogP contribution in [0.15, 0.2) is 35.5 Å². The molecule has 2 aromatic rings. The summed E-state index contributed by atoms with van der Waals surface area (Å²) in [6.45, 7) is 11.0. The van der Waals surface area contributed by atoms with Crippen molar-refractivity contribution in [2.24, 2.45) is 4.99 Å². The molecule has 0 N–H and O–H groups in total. The second-order valence-corrected chi connectivity index (χ2v) is 9.61.